The molecular formula is C26H24N2O5. The average molecular weight is 444 g/mol. The minimum atomic E-state index is -0.456. The van der Waals surface area contributed by atoms with E-state index in [4.69, 9.17) is 14.2 Å². The van der Waals surface area contributed by atoms with Gasteiger partial charge in [0, 0.05) is 0 Å². The lowest BCUT2D eigenvalue weighted by atomic mass is 10.0. The highest BCUT2D eigenvalue weighted by atomic mass is 16.5. The molecule has 1 aliphatic rings. The minimum Gasteiger partial charge on any atom is -0.493 e. The maximum atomic E-state index is 13.6. The lowest BCUT2D eigenvalue weighted by Gasteiger charge is -2.16. The molecule has 0 fully saturated rings. The molecule has 1 aliphatic heterocycles. The Morgan fingerprint density at radius 1 is 0.788 bits per heavy atom. The number of carbonyl (C=O) groups is 2. The topological polar surface area (TPSA) is 77.1 Å². The van der Waals surface area contributed by atoms with Gasteiger partial charge in [-0.15, -0.1) is 0 Å². The normalized spacial score (nSPS) is 13.4. The number of amides is 2. The highest BCUT2D eigenvalue weighted by Crippen LogP contribution is 2.38. The van der Waals surface area contributed by atoms with E-state index in [2.05, 4.69) is 5.32 Å². The van der Waals surface area contributed by atoms with E-state index in [0.29, 0.717) is 40.8 Å². The number of imide groups is 1. The van der Waals surface area contributed by atoms with Crippen molar-refractivity contribution in [2.45, 2.75) is 6.92 Å². The van der Waals surface area contributed by atoms with E-state index in [1.54, 1.807) is 54.6 Å². The molecule has 0 spiro atoms. The Labute approximate surface area is 192 Å². The fraction of sp³-hybridized carbons (Fsp3) is 0.154. The number of anilines is 2. The van der Waals surface area contributed by atoms with E-state index in [0.717, 1.165) is 4.90 Å². The Morgan fingerprint density at radius 2 is 1.48 bits per heavy atom. The van der Waals surface area contributed by atoms with Gasteiger partial charge in [-0.1, -0.05) is 36.4 Å². The molecule has 168 valence electrons. The molecule has 0 saturated carbocycles. The van der Waals surface area contributed by atoms with Crippen LogP contribution in [0.1, 0.15) is 12.5 Å². The van der Waals surface area contributed by atoms with Gasteiger partial charge < -0.3 is 19.5 Å². The highest BCUT2D eigenvalue weighted by Gasteiger charge is 2.40. The van der Waals surface area contributed by atoms with Gasteiger partial charge in [0.15, 0.2) is 11.5 Å². The molecule has 1 heterocycles. The number of rotatable bonds is 8. The minimum absolute atomic E-state index is 0.156. The predicted octanol–water partition coefficient (Wildman–Crippen LogP) is 4.50. The molecule has 0 saturated heterocycles. The Bertz CT molecular complexity index is 1220. The van der Waals surface area contributed by atoms with Crippen molar-refractivity contribution in [1.29, 1.82) is 0 Å². The number of nitrogens with one attached hydrogen (secondary N) is 1. The van der Waals surface area contributed by atoms with Crippen molar-refractivity contribution in [2.75, 3.05) is 31.0 Å². The van der Waals surface area contributed by atoms with Crippen molar-refractivity contribution < 1.29 is 23.8 Å². The molecule has 0 bridgehead atoms. The number of hydrogen-bond acceptors (Lipinski definition) is 6. The van der Waals surface area contributed by atoms with Gasteiger partial charge in [-0.3, -0.25) is 9.59 Å². The Kier molecular flexibility index (Phi) is 6.31. The van der Waals surface area contributed by atoms with Crippen LogP contribution in [0.15, 0.2) is 78.5 Å². The zero-order valence-electron chi connectivity index (χ0n) is 18.6. The monoisotopic (exact) mass is 444 g/mol. The number of nitrogens with zero attached hydrogens (tertiary/aromatic N) is 1. The van der Waals surface area contributed by atoms with Gasteiger partial charge in [0.1, 0.15) is 11.4 Å². The first-order chi connectivity index (χ1) is 16.1. The second kappa shape index (κ2) is 9.48. The number of hydrogen-bond donors (Lipinski definition) is 1. The van der Waals surface area contributed by atoms with Crippen LogP contribution in [0.25, 0.3) is 5.57 Å². The van der Waals surface area contributed by atoms with Crippen LogP contribution < -0.4 is 24.4 Å². The quantitative estimate of drug-likeness (QED) is 0.516. The Hall–Kier alpha value is -4.26. The van der Waals surface area contributed by atoms with Gasteiger partial charge in [0.2, 0.25) is 0 Å². The van der Waals surface area contributed by atoms with Crippen molar-refractivity contribution in [1.82, 2.24) is 0 Å². The summed E-state index contributed by atoms with van der Waals surface area (Å²) < 4.78 is 16.4. The third kappa shape index (κ3) is 4.13. The molecule has 0 aromatic heterocycles. The van der Waals surface area contributed by atoms with Crippen molar-refractivity contribution in [3.63, 3.8) is 0 Å². The van der Waals surface area contributed by atoms with Crippen LogP contribution in [-0.2, 0) is 9.59 Å². The molecule has 0 radical (unpaired) electrons. The van der Waals surface area contributed by atoms with E-state index in [-0.39, 0.29) is 11.3 Å². The number of benzene rings is 3. The van der Waals surface area contributed by atoms with Gasteiger partial charge >= 0.3 is 0 Å². The number of carbonyl (C=O) groups excluding carboxylic acids is 2. The van der Waals surface area contributed by atoms with Crippen LogP contribution in [0.3, 0.4) is 0 Å². The summed E-state index contributed by atoms with van der Waals surface area (Å²) in [7, 11) is 3.06. The maximum absolute atomic E-state index is 13.6. The lowest BCUT2D eigenvalue weighted by molar-refractivity contribution is -0.120. The van der Waals surface area contributed by atoms with Crippen LogP contribution >= 0.6 is 0 Å². The molecule has 7 nitrogen and oxygen atoms in total. The average Bonchev–Trinajstić information content (AvgIpc) is 3.09. The maximum Gasteiger partial charge on any atom is 0.282 e. The van der Waals surface area contributed by atoms with Gasteiger partial charge in [0.05, 0.1) is 37.8 Å². The zero-order chi connectivity index (χ0) is 23.4. The molecule has 3 aromatic carbocycles. The summed E-state index contributed by atoms with van der Waals surface area (Å²) in [5.74, 6) is 0.666. The first-order valence-corrected chi connectivity index (χ1v) is 10.5. The number of ether oxygens (including phenoxy) is 3. The van der Waals surface area contributed by atoms with Crippen molar-refractivity contribution in [2.24, 2.45) is 0 Å². The Morgan fingerprint density at radius 3 is 2.18 bits per heavy atom. The molecule has 7 heteroatoms. The van der Waals surface area contributed by atoms with Crippen molar-refractivity contribution in [3.8, 4) is 17.2 Å². The summed E-state index contributed by atoms with van der Waals surface area (Å²) in [6, 6.07) is 21.2. The summed E-state index contributed by atoms with van der Waals surface area (Å²) >= 11 is 0. The van der Waals surface area contributed by atoms with Crippen LogP contribution in [0.4, 0.5) is 11.4 Å². The van der Waals surface area contributed by atoms with Gasteiger partial charge in [-0.25, -0.2) is 4.90 Å². The summed E-state index contributed by atoms with van der Waals surface area (Å²) in [5.41, 5.74) is 1.99. The van der Waals surface area contributed by atoms with E-state index in [9.17, 15) is 9.59 Å². The third-order valence-corrected chi connectivity index (χ3v) is 5.22. The summed E-state index contributed by atoms with van der Waals surface area (Å²) in [5, 5.41) is 3.16. The zero-order valence-corrected chi connectivity index (χ0v) is 18.6. The lowest BCUT2D eigenvalue weighted by Crippen LogP contribution is -2.32. The molecule has 1 N–H and O–H groups in total. The smallest absolute Gasteiger partial charge is 0.282 e. The van der Waals surface area contributed by atoms with E-state index in [1.165, 1.54) is 14.2 Å². The van der Waals surface area contributed by atoms with Crippen LogP contribution in [0.5, 0.6) is 17.2 Å². The van der Waals surface area contributed by atoms with E-state index < -0.39 is 11.8 Å². The molecule has 33 heavy (non-hydrogen) atoms. The molecular weight excluding hydrogens is 420 g/mol. The Balaban J connectivity index is 1.86. The summed E-state index contributed by atoms with van der Waals surface area (Å²) in [6.07, 6.45) is 0. The standard InChI is InChI=1S/C26H24N2O5/c1-4-33-20-13-9-8-12-19(20)27-24-23(17-14-15-21(31-2)22(16-17)32-3)25(29)28(26(24)30)18-10-6-5-7-11-18/h5-16,27H,4H2,1-3H3. The van der Waals surface area contributed by atoms with Gasteiger partial charge in [-0.05, 0) is 48.9 Å². The predicted molar refractivity (Wildman–Crippen MR) is 127 cm³/mol. The van der Waals surface area contributed by atoms with E-state index in [1.807, 2.05) is 25.1 Å². The largest absolute Gasteiger partial charge is 0.493 e. The van der Waals surface area contributed by atoms with Gasteiger partial charge in [0.25, 0.3) is 11.8 Å². The van der Waals surface area contributed by atoms with Crippen molar-refractivity contribution >= 4 is 28.8 Å². The molecule has 3 aromatic rings. The third-order valence-electron chi connectivity index (χ3n) is 5.22. The number of methoxy groups -OCH3 is 2. The summed E-state index contributed by atoms with van der Waals surface area (Å²) in [6.45, 7) is 2.34. The van der Waals surface area contributed by atoms with Gasteiger partial charge in [-0.2, -0.15) is 0 Å². The van der Waals surface area contributed by atoms with Crippen LogP contribution in [0, 0.1) is 0 Å². The molecule has 0 aliphatic carbocycles. The van der Waals surface area contributed by atoms with E-state index >= 15 is 0 Å². The summed E-state index contributed by atoms with van der Waals surface area (Å²) in [4.78, 5) is 28.3. The molecule has 4 rings (SSSR count). The number of para-hydroxylation sites is 3. The highest BCUT2D eigenvalue weighted by molar-refractivity contribution is 6.46. The molecule has 0 unspecified atom stereocenters. The SMILES string of the molecule is CCOc1ccccc1NC1=C(c2ccc(OC)c(OC)c2)C(=O)N(c2ccccc2)C1=O. The second-order valence-electron chi connectivity index (χ2n) is 7.16. The van der Waals surface area contributed by atoms with Crippen LogP contribution in [-0.4, -0.2) is 32.6 Å². The molecule has 2 amide bonds. The first-order valence-electron chi connectivity index (χ1n) is 10.5. The second-order valence-corrected chi connectivity index (χ2v) is 7.16. The van der Waals surface area contributed by atoms with Crippen molar-refractivity contribution in [3.05, 3.63) is 84.1 Å². The fourth-order valence-corrected chi connectivity index (χ4v) is 3.70. The van der Waals surface area contributed by atoms with Crippen LogP contribution in [0.2, 0.25) is 0 Å². The molecule has 0 atom stereocenters. The first kappa shape index (κ1) is 22.0. The fourth-order valence-electron chi connectivity index (χ4n) is 3.70.